The van der Waals surface area contributed by atoms with Crippen molar-refractivity contribution in [3.8, 4) is 0 Å². The summed E-state index contributed by atoms with van der Waals surface area (Å²) in [6.07, 6.45) is 0. The molecule has 0 radical (unpaired) electrons. The minimum Gasteiger partial charge on any atom is -0.408 e. The van der Waals surface area contributed by atoms with Crippen molar-refractivity contribution in [1.82, 2.24) is 4.57 Å². The molecule has 0 saturated heterocycles. The van der Waals surface area contributed by atoms with Crippen molar-refractivity contribution in [3.05, 3.63) is 62.5 Å². The van der Waals surface area contributed by atoms with Crippen molar-refractivity contribution >= 4 is 38.5 Å². The Kier molecular flexibility index (Phi) is 3.17. The van der Waals surface area contributed by atoms with Crippen molar-refractivity contribution in [2.75, 3.05) is 5.73 Å². The van der Waals surface area contributed by atoms with Crippen molar-refractivity contribution in [1.29, 1.82) is 0 Å². The number of nitrogens with zero attached hydrogens (tertiary/aromatic N) is 1. The summed E-state index contributed by atoms with van der Waals surface area (Å²) in [6.45, 7) is 0. The molecule has 6 heteroatoms. The van der Waals surface area contributed by atoms with E-state index in [1.54, 1.807) is 43.4 Å². The highest BCUT2D eigenvalue weighted by Crippen LogP contribution is 2.23. The average molecular weight is 347 g/mol. The van der Waals surface area contributed by atoms with Crippen LogP contribution in [0.25, 0.3) is 11.1 Å². The van der Waals surface area contributed by atoms with Crippen LogP contribution in [0.2, 0.25) is 0 Å². The van der Waals surface area contributed by atoms with Crippen molar-refractivity contribution in [3.63, 3.8) is 0 Å². The van der Waals surface area contributed by atoms with Gasteiger partial charge in [0.1, 0.15) is 0 Å². The molecule has 2 aromatic carbocycles. The molecular formula is C15H11BrN2O3. The van der Waals surface area contributed by atoms with E-state index in [2.05, 4.69) is 15.9 Å². The zero-order valence-corrected chi connectivity index (χ0v) is 12.7. The monoisotopic (exact) mass is 346 g/mol. The first-order valence-corrected chi connectivity index (χ1v) is 6.96. The SMILES string of the molecule is Cn1c(=O)oc2cc(C(=O)c3ccc(Br)c(N)c3)ccc21. The molecule has 0 fully saturated rings. The Labute approximate surface area is 128 Å². The lowest BCUT2D eigenvalue weighted by atomic mass is 10.0. The van der Waals surface area contributed by atoms with Gasteiger partial charge in [0.25, 0.3) is 0 Å². The number of benzene rings is 2. The van der Waals surface area contributed by atoms with E-state index in [0.717, 1.165) is 4.47 Å². The molecule has 1 heterocycles. The summed E-state index contributed by atoms with van der Waals surface area (Å²) in [5, 5.41) is 0. The quantitative estimate of drug-likeness (QED) is 0.571. The smallest absolute Gasteiger partial charge is 0.408 e. The maximum atomic E-state index is 12.4. The van der Waals surface area contributed by atoms with Crippen LogP contribution in [0.3, 0.4) is 0 Å². The number of rotatable bonds is 2. The summed E-state index contributed by atoms with van der Waals surface area (Å²) in [6, 6.07) is 9.94. The Morgan fingerprint density at radius 1 is 1.19 bits per heavy atom. The number of hydrogen-bond donors (Lipinski definition) is 1. The van der Waals surface area contributed by atoms with E-state index in [4.69, 9.17) is 10.2 Å². The number of nitrogen functional groups attached to an aromatic ring is 1. The fourth-order valence-electron chi connectivity index (χ4n) is 2.13. The summed E-state index contributed by atoms with van der Waals surface area (Å²) in [7, 11) is 1.62. The van der Waals surface area contributed by atoms with Crippen LogP contribution in [0.5, 0.6) is 0 Å². The van der Waals surface area contributed by atoms with Crippen LogP contribution in [0, 0.1) is 0 Å². The van der Waals surface area contributed by atoms with Crippen LogP contribution < -0.4 is 11.5 Å². The van der Waals surface area contributed by atoms with Crippen LogP contribution in [-0.4, -0.2) is 10.4 Å². The third-order valence-electron chi connectivity index (χ3n) is 3.31. The first-order valence-electron chi connectivity index (χ1n) is 6.16. The number of anilines is 1. The molecular weight excluding hydrogens is 336 g/mol. The number of carbonyl (C=O) groups is 1. The topological polar surface area (TPSA) is 78.2 Å². The van der Waals surface area contributed by atoms with E-state index in [0.29, 0.717) is 27.9 Å². The van der Waals surface area contributed by atoms with E-state index >= 15 is 0 Å². The van der Waals surface area contributed by atoms with E-state index in [9.17, 15) is 9.59 Å². The molecule has 2 N–H and O–H groups in total. The predicted molar refractivity (Wildman–Crippen MR) is 83.4 cm³/mol. The number of aryl methyl sites for hydroxylation is 1. The Morgan fingerprint density at radius 2 is 1.86 bits per heavy atom. The molecule has 0 spiro atoms. The van der Waals surface area contributed by atoms with Crippen LogP contribution in [0.4, 0.5) is 5.69 Å². The second kappa shape index (κ2) is 4.89. The average Bonchev–Trinajstić information content (AvgIpc) is 2.76. The van der Waals surface area contributed by atoms with Gasteiger partial charge in [-0.05, 0) is 52.3 Å². The molecule has 1 aromatic heterocycles. The van der Waals surface area contributed by atoms with Gasteiger partial charge in [0.05, 0.1) is 5.52 Å². The fourth-order valence-corrected chi connectivity index (χ4v) is 2.37. The predicted octanol–water partition coefficient (Wildman–Crippen LogP) is 2.71. The van der Waals surface area contributed by atoms with E-state index < -0.39 is 5.76 Å². The molecule has 3 aromatic rings. The molecule has 5 nitrogen and oxygen atoms in total. The molecule has 0 aliphatic carbocycles. The molecule has 0 atom stereocenters. The lowest BCUT2D eigenvalue weighted by molar-refractivity contribution is 0.103. The van der Waals surface area contributed by atoms with Crippen LogP contribution in [0.1, 0.15) is 15.9 Å². The van der Waals surface area contributed by atoms with Crippen molar-refractivity contribution in [2.24, 2.45) is 7.05 Å². The third kappa shape index (κ3) is 2.27. The third-order valence-corrected chi connectivity index (χ3v) is 4.03. The van der Waals surface area contributed by atoms with Gasteiger partial charge < -0.3 is 10.2 Å². The maximum absolute atomic E-state index is 12.4. The fraction of sp³-hybridized carbons (Fsp3) is 0.0667. The van der Waals surface area contributed by atoms with Gasteiger partial charge in [-0.25, -0.2) is 4.79 Å². The number of ketones is 1. The van der Waals surface area contributed by atoms with Crippen molar-refractivity contribution < 1.29 is 9.21 Å². The first-order chi connectivity index (χ1) is 9.97. The lowest BCUT2D eigenvalue weighted by Gasteiger charge is -2.04. The Hall–Kier alpha value is -2.34. The summed E-state index contributed by atoms with van der Waals surface area (Å²) < 4.78 is 7.22. The largest absolute Gasteiger partial charge is 0.419 e. The number of fused-ring (bicyclic) bond motifs is 1. The van der Waals surface area contributed by atoms with Crippen LogP contribution in [0.15, 0.2) is 50.1 Å². The highest BCUT2D eigenvalue weighted by molar-refractivity contribution is 9.10. The van der Waals surface area contributed by atoms with Gasteiger partial charge in [-0.15, -0.1) is 0 Å². The second-order valence-corrected chi connectivity index (χ2v) is 5.53. The molecule has 0 aliphatic heterocycles. The Balaban J connectivity index is 2.09. The Bertz CT molecular complexity index is 924. The summed E-state index contributed by atoms with van der Waals surface area (Å²) in [4.78, 5) is 23.9. The first kappa shape index (κ1) is 13.6. The van der Waals surface area contributed by atoms with Crippen LogP contribution in [-0.2, 0) is 7.05 Å². The minimum absolute atomic E-state index is 0.178. The highest BCUT2D eigenvalue weighted by Gasteiger charge is 2.13. The zero-order chi connectivity index (χ0) is 15.1. The van der Waals surface area contributed by atoms with Gasteiger partial charge in [-0.2, -0.15) is 0 Å². The molecule has 0 saturated carbocycles. The molecule has 106 valence electrons. The molecule has 0 aliphatic rings. The number of aromatic nitrogens is 1. The number of hydrogen-bond acceptors (Lipinski definition) is 4. The number of nitrogens with two attached hydrogens (primary N) is 1. The number of halogens is 1. The van der Waals surface area contributed by atoms with Gasteiger partial charge in [-0.3, -0.25) is 9.36 Å². The van der Waals surface area contributed by atoms with Crippen LogP contribution >= 0.6 is 15.9 Å². The lowest BCUT2D eigenvalue weighted by Crippen LogP contribution is -2.08. The van der Waals surface area contributed by atoms with Gasteiger partial charge >= 0.3 is 5.76 Å². The molecule has 3 rings (SSSR count). The highest BCUT2D eigenvalue weighted by atomic mass is 79.9. The zero-order valence-electron chi connectivity index (χ0n) is 11.1. The van der Waals surface area contributed by atoms with E-state index in [1.165, 1.54) is 4.57 Å². The number of carbonyl (C=O) groups excluding carboxylic acids is 1. The second-order valence-electron chi connectivity index (χ2n) is 4.67. The normalized spacial score (nSPS) is 11.0. The standard InChI is InChI=1S/C15H11BrN2O3/c1-18-12-5-3-9(7-13(12)21-15(18)20)14(19)8-2-4-10(16)11(17)6-8/h2-7H,17H2,1H3. The summed E-state index contributed by atoms with van der Waals surface area (Å²) in [5.74, 6) is -0.634. The van der Waals surface area contributed by atoms with Gasteiger partial charge in [-0.1, -0.05) is 0 Å². The minimum atomic E-state index is -0.456. The number of oxazole rings is 1. The molecule has 21 heavy (non-hydrogen) atoms. The summed E-state index contributed by atoms with van der Waals surface area (Å²) >= 11 is 3.29. The van der Waals surface area contributed by atoms with E-state index in [-0.39, 0.29) is 5.78 Å². The molecule has 0 unspecified atom stereocenters. The Morgan fingerprint density at radius 3 is 2.57 bits per heavy atom. The van der Waals surface area contributed by atoms with Gasteiger partial charge in [0, 0.05) is 28.3 Å². The van der Waals surface area contributed by atoms with Gasteiger partial charge in [0.2, 0.25) is 0 Å². The van der Waals surface area contributed by atoms with Crippen molar-refractivity contribution in [2.45, 2.75) is 0 Å². The van der Waals surface area contributed by atoms with E-state index in [1.807, 2.05) is 0 Å². The maximum Gasteiger partial charge on any atom is 0.419 e. The summed E-state index contributed by atoms with van der Waals surface area (Å²) in [5.41, 5.74) is 8.24. The molecule has 0 amide bonds. The van der Waals surface area contributed by atoms with Gasteiger partial charge in [0.15, 0.2) is 11.4 Å². The molecule has 0 bridgehead atoms.